The fourth-order valence-corrected chi connectivity index (χ4v) is 1.59. The zero-order chi connectivity index (χ0) is 10.1. The number of nitrogens with one attached hydrogen (secondary N) is 1. The molecular formula is C9H7ClN2O2. The van der Waals surface area contributed by atoms with Crippen LogP contribution in [0.5, 0.6) is 0 Å². The number of aromatic carboxylic acids is 1. The standard InChI is InChI=1S/C9H7ClN2O2/c10-3-5-1-2-6(9(13)14)8-7(5)11-4-12-8/h1-2,4H,3H2,(H,11,12)(H,13,14). The minimum atomic E-state index is -0.972. The lowest BCUT2D eigenvalue weighted by molar-refractivity contribution is 0.0699. The summed E-state index contributed by atoms with van der Waals surface area (Å²) >= 11 is 5.69. The summed E-state index contributed by atoms with van der Waals surface area (Å²) < 4.78 is 0. The number of aromatic nitrogens is 2. The van der Waals surface area contributed by atoms with Gasteiger partial charge in [-0.05, 0) is 11.6 Å². The van der Waals surface area contributed by atoms with Crippen LogP contribution in [0.3, 0.4) is 0 Å². The van der Waals surface area contributed by atoms with Gasteiger partial charge in [0.25, 0.3) is 0 Å². The molecule has 0 spiro atoms. The van der Waals surface area contributed by atoms with E-state index in [2.05, 4.69) is 9.97 Å². The van der Waals surface area contributed by atoms with Crippen LogP contribution in [0.4, 0.5) is 0 Å². The Morgan fingerprint density at radius 3 is 3.00 bits per heavy atom. The molecule has 72 valence electrons. The van der Waals surface area contributed by atoms with Crippen molar-refractivity contribution in [3.63, 3.8) is 0 Å². The van der Waals surface area contributed by atoms with Gasteiger partial charge in [-0.15, -0.1) is 11.6 Å². The van der Waals surface area contributed by atoms with Crippen LogP contribution in [0.1, 0.15) is 15.9 Å². The number of carboxylic acids is 1. The Morgan fingerprint density at radius 2 is 2.36 bits per heavy atom. The Bertz CT molecular complexity index is 493. The van der Waals surface area contributed by atoms with E-state index in [4.69, 9.17) is 16.7 Å². The minimum Gasteiger partial charge on any atom is -0.478 e. The fraction of sp³-hybridized carbons (Fsp3) is 0.111. The number of nitrogens with zero attached hydrogens (tertiary/aromatic N) is 1. The molecule has 0 fully saturated rings. The van der Waals surface area contributed by atoms with Gasteiger partial charge in [0.05, 0.1) is 22.9 Å². The number of carbonyl (C=O) groups is 1. The Hall–Kier alpha value is -1.55. The number of rotatable bonds is 2. The first-order chi connectivity index (χ1) is 6.74. The molecular weight excluding hydrogens is 204 g/mol. The number of benzene rings is 1. The van der Waals surface area contributed by atoms with Crippen molar-refractivity contribution in [1.82, 2.24) is 9.97 Å². The summed E-state index contributed by atoms with van der Waals surface area (Å²) in [6.45, 7) is 0. The minimum absolute atomic E-state index is 0.214. The Labute approximate surface area is 84.5 Å². The molecule has 0 bridgehead atoms. The summed E-state index contributed by atoms with van der Waals surface area (Å²) in [5.41, 5.74) is 2.19. The molecule has 0 aliphatic carbocycles. The third-order valence-corrected chi connectivity index (χ3v) is 2.33. The molecule has 0 saturated heterocycles. The topological polar surface area (TPSA) is 66.0 Å². The van der Waals surface area contributed by atoms with E-state index >= 15 is 0 Å². The summed E-state index contributed by atoms with van der Waals surface area (Å²) in [5, 5.41) is 8.88. The number of aromatic amines is 1. The molecule has 4 nitrogen and oxygen atoms in total. The van der Waals surface area contributed by atoms with Crippen LogP contribution in [0.15, 0.2) is 18.5 Å². The quantitative estimate of drug-likeness (QED) is 0.745. The molecule has 1 heterocycles. The van der Waals surface area contributed by atoms with Crippen molar-refractivity contribution in [3.8, 4) is 0 Å². The highest BCUT2D eigenvalue weighted by Crippen LogP contribution is 2.20. The van der Waals surface area contributed by atoms with Gasteiger partial charge in [-0.1, -0.05) is 6.07 Å². The second-order valence-corrected chi connectivity index (χ2v) is 3.10. The van der Waals surface area contributed by atoms with E-state index in [0.717, 1.165) is 5.56 Å². The predicted molar refractivity (Wildman–Crippen MR) is 52.6 cm³/mol. The van der Waals surface area contributed by atoms with Gasteiger partial charge in [0.15, 0.2) is 0 Å². The monoisotopic (exact) mass is 210 g/mol. The van der Waals surface area contributed by atoms with E-state index < -0.39 is 5.97 Å². The molecule has 14 heavy (non-hydrogen) atoms. The SMILES string of the molecule is O=C(O)c1ccc(CCl)c2nc[nH]c12. The first-order valence-corrected chi connectivity index (χ1v) is 4.51. The number of hydrogen-bond donors (Lipinski definition) is 2. The number of imidazole rings is 1. The lowest BCUT2D eigenvalue weighted by atomic mass is 10.1. The van der Waals surface area contributed by atoms with Crippen molar-refractivity contribution < 1.29 is 9.90 Å². The van der Waals surface area contributed by atoms with Gasteiger partial charge in [0.2, 0.25) is 0 Å². The van der Waals surface area contributed by atoms with Crippen molar-refractivity contribution in [2.75, 3.05) is 0 Å². The largest absolute Gasteiger partial charge is 0.478 e. The average Bonchev–Trinajstić information content (AvgIpc) is 2.64. The summed E-state index contributed by atoms with van der Waals surface area (Å²) in [7, 11) is 0. The molecule has 5 heteroatoms. The Morgan fingerprint density at radius 1 is 1.57 bits per heavy atom. The van der Waals surface area contributed by atoms with Crippen molar-refractivity contribution in [1.29, 1.82) is 0 Å². The number of H-pyrrole nitrogens is 1. The maximum absolute atomic E-state index is 10.8. The zero-order valence-corrected chi connectivity index (χ0v) is 7.88. The van der Waals surface area contributed by atoms with E-state index in [-0.39, 0.29) is 5.56 Å². The van der Waals surface area contributed by atoms with E-state index in [0.29, 0.717) is 16.9 Å². The van der Waals surface area contributed by atoms with Crippen LogP contribution in [-0.2, 0) is 5.88 Å². The van der Waals surface area contributed by atoms with Crippen LogP contribution in [0, 0.1) is 0 Å². The molecule has 2 N–H and O–H groups in total. The molecule has 0 atom stereocenters. The van der Waals surface area contributed by atoms with Gasteiger partial charge in [-0.25, -0.2) is 9.78 Å². The summed E-state index contributed by atoms with van der Waals surface area (Å²) in [6, 6.07) is 3.21. The number of hydrogen-bond acceptors (Lipinski definition) is 2. The molecule has 1 aromatic heterocycles. The lowest BCUT2D eigenvalue weighted by Crippen LogP contribution is -1.98. The summed E-state index contributed by atoms with van der Waals surface area (Å²) in [6.07, 6.45) is 1.47. The average molecular weight is 211 g/mol. The van der Waals surface area contributed by atoms with Gasteiger partial charge >= 0.3 is 5.97 Å². The van der Waals surface area contributed by atoms with Gasteiger partial charge in [-0.3, -0.25) is 0 Å². The van der Waals surface area contributed by atoms with Crippen LogP contribution in [-0.4, -0.2) is 21.0 Å². The highest BCUT2D eigenvalue weighted by molar-refractivity contribution is 6.18. The Balaban J connectivity index is 2.78. The highest BCUT2D eigenvalue weighted by Gasteiger charge is 2.12. The molecule has 1 aromatic carbocycles. The third kappa shape index (κ3) is 1.24. The van der Waals surface area contributed by atoms with Crippen molar-refractivity contribution in [2.45, 2.75) is 5.88 Å². The number of fused-ring (bicyclic) bond motifs is 1. The summed E-state index contributed by atoms with van der Waals surface area (Å²) in [4.78, 5) is 17.7. The maximum atomic E-state index is 10.8. The van der Waals surface area contributed by atoms with Crippen LogP contribution >= 0.6 is 11.6 Å². The molecule has 0 saturated carbocycles. The second-order valence-electron chi connectivity index (χ2n) is 2.84. The predicted octanol–water partition coefficient (Wildman–Crippen LogP) is 2.00. The summed E-state index contributed by atoms with van der Waals surface area (Å²) in [5.74, 6) is -0.651. The molecule has 0 unspecified atom stereocenters. The van der Waals surface area contributed by atoms with Gasteiger partial charge in [-0.2, -0.15) is 0 Å². The maximum Gasteiger partial charge on any atom is 0.337 e. The second kappa shape index (κ2) is 3.31. The first kappa shape index (κ1) is 9.02. The molecule has 0 aliphatic rings. The van der Waals surface area contributed by atoms with Gasteiger partial charge < -0.3 is 10.1 Å². The van der Waals surface area contributed by atoms with Crippen molar-refractivity contribution in [3.05, 3.63) is 29.6 Å². The number of alkyl halides is 1. The first-order valence-electron chi connectivity index (χ1n) is 3.98. The van der Waals surface area contributed by atoms with E-state index in [1.807, 2.05) is 0 Å². The van der Waals surface area contributed by atoms with E-state index in [9.17, 15) is 4.79 Å². The van der Waals surface area contributed by atoms with Crippen LogP contribution in [0.25, 0.3) is 11.0 Å². The van der Waals surface area contributed by atoms with E-state index in [1.165, 1.54) is 12.4 Å². The van der Waals surface area contributed by atoms with Gasteiger partial charge in [0.1, 0.15) is 0 Å². The third-order valence-electron chi connectivity index (χ3n) is 2.04. The highest BCUT2D eigenvalue weighted by atomic mass is 35.5. The molecule has 0 aliphatic heterocycles. The zero-order valence-electron chi connectivity index (χ0n) is 7.12. The van der Waals surface area contributed by atoms with E-state index in [1.54, 1.807) is 6.07 Å². The molecule has 0 radical (unpaired) electrons. The smallest absolute Gasteiger partial charge is 0.337 e. The van der Waals surface area contributed by atoms with Crippen LogP contribution in [0.2, 0.25) is 0 Å². The Kier molecular flexibility index (Phi) is 2.13. The number of carboxylic acid groups (broad SMARTS) is 1. The molecule has 2 rings (SSSR count). The number of halogens is 1. The van der Waals surface area contributed by atoms with Crippen molar-refractivity contribution >= 4 is 28.6 Å². The lowest BCUT2D eigenvalue weighted by Gasteiger charge is -2.00. The van der Waals surface area contributed by atoms with Crippen molar-refractivity contribution in [2.24, 2.45) is 0 Å². The molecule has 2 aromatic rings. The normalized spacial score (nSPS) is 10.6. The fourth-order valence-electron chi connectivity index (χ4n) is 1.38. The molecule has 0 amide bonds. The van der Waals surface area contributed by atoms with Gasteiger partial charge in [0, 0.05) is 5.88 Å². The van der Waals surface area contributed by atoms with Crippen LogP contribution < -0.4 is 0 Å².